The first-order valence-corrected chi connectivity index (χ1v) is 5.07. The van der Waals surface area contributed by atoms with Gasteiger partial charge < -0.3 is 5.11 Å². The van der Waals surface area contributed by atoms with Gasteiger partial charge in [0.05, 0.1) is 17.1 Å². The van der Waals surface area contributed by atoms with Crippen LogP contribution in [0.3, 0.4) is 0 Å². The SMILES string of the molecule is CC(C)(O)[C@@](C)(C#N)Cc1ccccc1. The molecule has 0 bridgehead atoms. The Bertz CT molecular complexity index is 358. The Hall–Kier alpha value is -1.33. The van der Waals surface area contributed by atoms with Gasteiger partial charge in [-0.1, -0.05) is 30.3 Å². The van der Waals surface area contributed by atoms with E-state index in [1.54, 1.807) is 20.8 Å². The maximum Gasteiger partial charge on any atom is 0.0866 e. The van der Waals surface area contributed by atoms with Gasteiger partial charge in [0.1, 0.15) is 0 Å². The molecule has 1 atom stereocenters. The molecule has 0 fully saturated rings. The zero-order chi connectivity index (χ0) is 11.5. The summed E-state index contributed by atoms with van der Waals surface area (Å²) in [6, 6.07) is 12.0. The van der Waals surface area contributed by atoms with Crippen molar-refractivity contribution in [3.8, 4) is 6.07 Å². The van der Waals surface area contributed by atoms with Crippen molar-refractivity contribution in [3.63, 3.8) is 0 Å². The van der Waals surface area contributed by atoms with Crippen molar-refractivity contribution < 1.29 is 5.11 Å². The van der Waals surface area contributed by atoms with Crippen molar-refractivity contribution in [2.45, 2.75) is 32.8 Å². The summed E-state index contributed by atoms with van der Waals surface area (Å²) in [5, 5.41) is 19.1. The number of hydrogen-bond acceptors (Lipinski definition) is 2. The fraction of sp³-hybridized carbons (Fsp3) is 0.462. The maximum absolute atomic E-state index is 9.98. The monoisotopic (exact) mass is 203 g/mol. The summed E-state index contributed by atoms with van der Waals surface area (Å²) in [6.45, 7) is 5.15. The third-order valence-electron chi connectivity index (χ3n) is 3.00. The smallest absolute Gasteiger partial charge is 0.0866 e. The molecule has 1 aromatic rings. The van der Waals surface area contributed by atoms with E-state index in [9.17, 15) is 10.4 Å². The molecule has 0 amide bonds. The molecule has 0 unspecified atom stereocenters. The van der Waals surface area contributed by atoms with Crippen molar-refractivity contribution in [1.29, 1.82) is 5.26 Å². The summed E-state index contributed by atoms with van der Waals surface area (Å²) in [5.41, 5.74) is -0.685. The quantitative estimate of drug-likeness (QED) is 0.820. The van der Waals surface area contributed by atoms with Crippen LogP contribution in [0.1, 0.15) is 26.3 Å². The topological polar surface area (TPSA) is 44.0 Å². The van der Waals surface area contributed by atoms with E-state index >= 15 is 0 Å². The lowest BCUT2D eigenvalue weighted by molar-refractivity contribution is -0.0128. The number of rotatable bonds is 3. The second-order valence-electron chi connectivity index (χ2n) is 4.67. The Balaban J connectivity index is 2.94. The van der Waals surface area contributed by atoms with E-state index in [2.05, 4.69) is 6.07 Å². The van der Waals surface area contributed by atoms with Gasteiger partial charge in [-0.3, -0.25) is 0 Å². The highest BCUT2D eigenvalue weighted by Gasteiger charge is 2.39. The van der Waals surface area contributed by atoms with Crippen LogP contribution < -0.4 is 0 Å². The molecule has 2 nitrogen and oxygen atoms in total. The third kappa shape index (κ3) is 2.57. The van der Waals surface area contributed by atoms with E-state index in [4.69, 9.17) is 0 Å². The van der Waals surface area contributed by atoms with Crippen molar-refractivity contribution in [1.82, 2.24) is 0 Å². The van der Waals surface area contributed by atoms with E-state index in [0.717, 1.165) is 5.56 Å². The van der Waals surface area contributed by atoms with Gasteiger partial charge in [0.2, 0.25) is 0 Å². The standard InChI is InChI=1S/C13H17NO/c1-12(2,15)13(3,10-14)9-11-7-5-4-6-8-11/h4-8,15H,9H2,1-3H3/t13-/m1/s1. The number of benzene rings is 1. The van der Waals surface area contributed by atoms with Crippen LogP contribution in [-0.4, -0.2) is 10.7 Å². The highest BCUT2D eigenvalue weighted by molar-refractivity contribution is 5.21. The summed E-state index contributed by atoms with van der Waals surface area (Å²) >= 11 is 0. The number of nitrogens with zero attached hydrogens (tertiary/aromatic N) is 1. The molecule has 0 saturated carbocycles. The maximum atomic E-state index is 9.98. The Kier molecular flexibility index (Phi) is 3.16. The van der Waals surface area contributed by atoms with Gasteiger partial charge in [-0.25, -0.2) is 0 Å². The predicted molar refractivity (Wildman–Crippen MR) is 60.2 cm³/mol. The normalized spacial score (nSPS) is 15.4. The first-order valence-electron chi connectivity index (χ1n) is 5.07. The van der Waals surface area contributed by atoms with Gasteiger partial charge in [-0.05, 0) is 32.8 Å². The summed E-state index contributed by atoms with van der Waals surface area (Å²) in [6.07, 6.45) is 0.563. The average Bonchev–Trinajstić information content (AvgIpc) is 2.17. The summed E-state index contributed by atoms with van der Waals surface area (Å²) in [7, 11) is 0. The van der Waals surface area contributed by atoms with Gasteiger partial charge in [0, 0.05) is 0 Å². The van der Waals surface area contributed by atoms with Crippen molar-refractivity contribution >= 4 is 0 Å². The molecular formula is C13H17NO. The average molecular weight is 203 g/mol. The Morgan fingerprint density at radius 1 is 1.20 bits per heavy atom. The molecule has 1 rings (SSSR count). The van der Waals surface area contributed by atoms with E-state index in [1.165, 1.54) is 0 Å². The van der Waals surface area contributed by atoms with Crippen LogP contribution in [0.4, 0.5) is 0 Å². The summed E-state index contributed by atoms with van der Waals surface area (Å²) < 4.78 is 0. The van der Waals surface area contributed by atoms with Crippen LogP contribution in [0.2, 0.25) is 0 Å². The van der Waals surface area contributed by atoms with Crippen molar-refractivity contribution in [2.75, 3.05) is 0 Å². The van der Waals surface area contributed by atoms with E-state index in [-0.39, 0.29) is 0 Å². The first kappa shape index (κ1) is 11.7. The molecule has 15 heavy (non-hydrogen) atoms. The van der Waals surface area contributed by atoms with Gasteiger partial charge >= 0.3 is 0 Å². The third-order valence-corrected chi connectivity index (χ3v) is 3.00. The van der Waals surface area contributed by atoms with Crippen LogP contribution in [0.25, 0.3) is 0 Å². The number of hydrogen-bond donors (Lipinski definition) is 1. The fourth-order valence-electron chi connectivity index (χ4n) is 1.40. The fourth-order valence-corrected chi connectivity index (χ4v) is 1.40. The molecule has 0 spiro atoms. The molecule has 1 N–H and O–H groups in total. The highest BCUT2D eigenvalue weighted by atomic mass is 16.3. The lowest BCUT2D eigenvalue weighted by atomic mass is 9.72. The van der Waals surface area contributed by atoms with Crippen LogP contribution in [-0.2, 0) is 6.42 Å². The Labute approximate surface area is 91.2 Å². The van der Waals surface area contributed by atoms with E-state index in [1.807, 2.05) is 30.3 Å². The molecule has 1 aromatic carbocycles. The Morgan fingerprint density at radius 3 is 2.13 bits per heavy atom. The molecule has 0 aliphatic rings. The second kappa shape index (κ2) is 4.04. The molecular weight excluding hydrogens is 186 g/mol. The Morgan fingerprint density at radius 2 is 1.73 bits per heavy atom. The number of nitriles is 1. The largest absolute Gasteiger partial charge is 0.389 e. The van der Waals surface area contributed by atoms with Gasteiger partial charge in [0.25, 0.3) is 0 Å². The van der Waals surface area contributed by atoms with Crippen molar-refractivity contribution in [2.24, 2.45) is 5.41 Å². The molecule has 0 aromatic heterocycles. The summed E-state index contributed by atoms with van der Waals surface area (Å²) in [5.74, 6) is 0. The van der Waals surface area contributed by atoms with Crippen LogP contribution in [0.5, 0.6) is 0 Å². The molecule has 0 saturated heterocycles. The van der Waals surface area contributed by atoms with Crippen LogP contribution in [0.15, 0.2) is 30.3 Å². The molecule has 80 valence electrons. The summed E-state index contributed by atoms with van der Waals surface area (Å²) in [4.78, 5) is 0. The first-order chi connectivity index (χ1) is 6.89. The van der Waals surface area contributed by atoms with E-state index < -0.39 is 11.0 Å². The van der Waals surface area contributed by atoms with E-state index in [0.29, 0.717) is 6.42 Å². The van der Waals surface area contributed by atoms with Gasteiger partial charge in [0.15, 0.2) is 0 Å². The lowest BCUT2D eigenvalue weighted by Gasteiger charge is -2.34. The molecule has 0 aliphatic heterocycles. The highest BCUT2D eigenvalue weighted by Crippen LogP contribution is 2.33. The second-order valence-corrected chi connectivity index (χ2v) is 4.67. The molecule has 0 radical (unpaired) electrons. The molecule has 0 aliphatic carbocycles. The molecule has 2 heteroatoms. The lowest BCUT2D eigenvalue weighted by Crippen LogP contribution is -2.41. The minimum absolute atomic E-state index is 0.563. The zero-order valence-electron chi connectivity index (χ0n) is 9.49. The zero-order valence-corrected chi connectivity index (χ0v) is 9.49. The predicted octanol–water partition coefficient (Wildman–Crippen LogP) is 2.53. The van der Waals surface area contributed by atoms with Gasteiger partial charge in [-0.15, -0.1) is 0 Å². The number of aliphatic hydroxyl groups is 1. The van der Waals surface area contributed by atoms with Crippen molar-refractivity contribution in [3.05, 3.63) is 35.9 Å². The van der Waals surface area contributed by atoms with Gasteiger partial charge in [-0.2, -0.15) is 5.26 Å². The van der Waals surface area contributed by atoms with Crippen LogP contribution >= 0.6 is 0 Å². The minimum atomic E-state index is -1.00. The molecule has 0 heterocycles. The minimum Gasteiger partial charge on any atom is -0.389 e. The van der Waals surface area contributed by atoms with Crippen LogP contribution in [0, 0.1) is 16.7 Å².